The number of carbonyl (C=O) groups is 1. The Balaban J connectivity index is 1.66. The third-order valence-corrected chi connectivity index (χ3v) is 7.37. The fourth-order valence-corrected chi connectivity index (χ4v) is 5.41. The van der Waals surface area contributed by atoms with Crippen LogP contribution in [0.2, 0.25) is 0 Å². The molecule has 2 heterocycles. The summed E-state index contributed by atoms with van der Waals surface area (Å²) in [5, 5.41) is 0. The molecule has 33 heavy (non-hydrogen) atoms. The average Bonchev–Trinajstić information content (AvgIpc) is 3.27. The van der Waals surface area contributed by atoms with E-state index in [2.05, 4.69) is 0 Å². The van der Waals surface area contributed by atoms with Crippen molar-refractivity contribution in [1.82, 2.24) is 4.90 Å². The average molecular weight is 502 g/mol. The molecular formula is C23H21N2O5S3-. The van der Waals surface area contributed by atoms with Crippen LogP contribution in [0.4, 0.5) is 5.69 Å². The Morgan fingerprint density at radius 1 is 1.09 bits per heavy atom. The molecule has 2 aromatic carbocycles. The number of benzene rings is 2. The summed E-state index contributed by atoms with van der Waals surface area (Å²) in [5.41, 5.74) is 2.77. The van der Waals surface area contributed by atoms with Crippen LogP contribution in [-0.4, -0.2) is 46.9 Å². The molecule has 0 unspecified atom stereocenters. The third kappa shape index (κ3) is 5.30. The van der Waals surface area contributed by atoms with Gasteiger partial charge in [-0.3, -0.25) is 9.69 Å². The van der Waals surface area contributed by atoms with Gasteiger partial charge in [-0.1, -0.05) is 60.4 Å². The number of likely N-dealkylation sites (N-methyl/N-ethyl adjacent to an activating group) is 1. The molecule has 0 bridgehead atoms. The van der Waals surface area contributed by atoms with Gasteiger partial charge < -0.3 is 14.2 Å². The van der Waals surface area contributed by atoms with Crippen LogP contribution in [0, 0.1) is 0 Å². The Morgan fingerprint density at radius 2 is 1.85 bits per heavy atom. The van der Waals surface area contributed by atoms with Crippen molar-refractivity contribution in [2.75, 3.05) is 23.7 Å². The first-order valence-corrected chi connectivity index (χ1v) is 13.1. The molecule has 0 spiro atoms. The van der Waals surface area contributed by atoms with Crippen molar-refractivity contribution in [3.05, 3.63) is 71.5 Å². The summed E-state index contributed by atoms with van der Waals surface area (Å²) in [7, 11) is -4.33. The molecule has 0 N–H and O–H groups in total. The number of hydrogen-bond acceptors (Lipinski definition) is 8. The Morgan fingerprint density at radius 3 is 2.52 bits per heavy atom. The fourth-order valence-electron chi connectivity index (χ4n) is 3.60. The second-order valence-electron chi connectivity index (χ2n) is 7.37. The van der Waals surface area contributed by atoms with Crippen LogP contribution in [0.1, 0.15) is 13.3 Å². The second-order valence-corrected chi connectivity index (χ2v) is 10.6. The van der Waals surface area contributed by atoms with Crippen molar-refractivity contribution in [1.29, 1.82) is 0 Å². The minimum atomic E-state index is -4.33. The highest BCUT2D eigenvalue weighted by Crippen LogP contribution is 2.42. The van der Waals surface area contributed by atoms with Crippen LogP contribution in [-0.2, 0) is 14.9 Å². The smallest absolute Gasteiger partial charge is 0.266 e. The zero-order valence-electron chi connectivity index (χ0n) is 17.8. The van der Waals surface area contributed by atoms with E-state index in [1.54, 1.807) is 12.2 Å². The quantitative estimate of drug-likeness (QED) is 0.318. The first kappa shape index (κ1) is 23.5. The first-order chi connectivity index (χ1) is 15.8. The molecule has 1 fully saturated rings. The van der Waals surface area contributed by atoms with E-state index >= 15 is 0 Å². The highest BCUT2D eigenvalue weighted by Gasteiger charge is 2.31. The largest absolute Gasteiger partial charge is 0.748 e. The Bertz CT molecular complexity index is 1260. The highest BCUT2D eigenvalue weighted by molar-refractivity contribution is 8.26. The lowest BCUT2D eigenvalue weighted by Crippen LogP contribution is -2.27. The van der Waals surface area contributed by atoms with E-state index in [1.165, 1.54) is 16.7 Å². The Hall–Kier alpha value is -2.66. The van der Waals surface area contributed by atoms with Gasteiger partial charge in [-0.25, -0.2) is 8.42 Å². The molecule has 0 radical (unpaired) electrons. The fraction of sp³-hybridized carbons (Fsp3) is 0.217. The molecule has 10 heteroatoms. The summed E-state index contributed by atoms with van der Waals surface area (Å²) < 4.78 is 39.9. The van der Waals surface area contributed by atoms with Gasteiger partial charge in [0.25, 0.3) is 5.91 Å². The number of hydrogen-bond donors (Lipinski definition) is 0. The van der Waals surface area contributed by atoms with E-state index in [0.29, 0.717) is 27.4 Å². The minimum Gasteiger partial charge on any atom is -0.748 e. The van der Waals surface area contributed by atoms with Crippen LogP contribution < -0.4 is 9.64 Å². The van der Waals surface area contributed by atoms with Gasteiger partial charge in [0.05, 0.1) is 20.7 Å². The van der Waals surface area contributed by atoms with Gasteiger partial charge in [0.15, 0.2) is 5.75 Å². The number of ether oxygens (including phenoxy) is 1. The second kappa shape index (κ2) is 9.68. The summed E-state index contributed by atoms with van der Waals surface area (Å²) in [6.07, 6.45) is 3.47. The van der Waals surface area contributed by atoms with Gasteiger partial charge in [-0.2, -0.15) is 0 Å². The summed E-state index contributed by atoms with van der Waals surface area (Å²) in [6.45, 7) is 2.62. The molecule has 1 amide bonds. The SMILES string of the molecule is CCN1C(=O)/C(=C\C=C2/Oc3ccc(-c4ccccc4)cc3N2CCCS(=O)(=O)[O-])SC1=S. The maximum absolute atomic E-state index is 12.5. The minimum absolute atomic E-state index is 0.138. The van der Waals surface area contributed by atoms with Crippen molar-refractivity contribution in [2.24, 2.45) is 0 Å². The van der Waals surface area contributed by atoms with E-state index in [1.807, 2.05) is 60.4 Å². The van der Waals surface area contributed by atoms with Crippen LogP contribution in [0.25, 0.3) is 11.1 Å². The van der Waals surface area contributed by atoms with E-state index in [4.69, 9.17) is 17.0 Å². The number of amides is 1. The van der Waals surface area contributed by atoms with Crippen molar-refractivity contribution in [2.45, 2.75) is 13.3 Å². The highest BCUT2D eigenvalue weighted by atomic mass is 32.2. The number of fused-ring (bicyclic) bond motifs is 1. The topological polar surface area (TPSA) is 90.0 Å². The zero-order chi connectivity index (χ0) is 23.6. The molecule has 2 aromatic rings. The molecule has 0 atom stereocenters. The van der Waals surface area contributed by atoms with Crippen LogP contribution in [0.15, 0.2) is 71.5 Å². The molecule has 0 aliphatic carbocycles. The molecule has 2 aliphatic rings. The standard InChI is InChI=1S/C23H22N2O5S3/c1-2-24-22(26)20(32-23(24)31)11-12-21-25(13-6-14-33(27,28)29)18-15-17(9-10-19(18)30-21)16-7-4-3-5-8-16/h3-5,7-12,15H,2,6,13-14H2,1H3,(H,27,28,29)/p-1/b20-11+,21-12-. The van der Waals surface area contributed by atoms with Gasteiger partial charge in [0.2, 0.25) is 5.88 Å². The number of anilines is 1. The van der Waals surface area contributed by atoms with Crippen LogP contribution >= 0.6 is 24.0 Å². The van der Waals surface area contributed by atoms with Crippen molar-refractivity contribution in [3.8, 4) is 16.9 Å². The van der Waals surface area contributed by atoms with Gasteiger partial charge in [0, 0.05) is 24.9 Å². The lowest BCUT2D eigenvalue weighted by Gasteiger charge is -2.19. The summed E-state index contributed by atoms with van der Waals surface area (Å²) in [6, 6.07) is 15.6. The molecule has 1 saturated heterocycles. The van der Waals surface area contributed by atoms with Crippen molar-refractivity contribution < 1.29 is 22.5 Å². The van der Waals surface area contributed by atoms with E-state index in [0.717, 1.165) is 16.8 Å². The number of thiocarbonyl (C=S) groups is 1. The van der Waals surface area contributed by atoms with Gasteiger partial charge in [0.1, 0.15) is 4.32 Å². The van der Waals surface area contributed by atoms with Crippen LogP contribution in [0.3, 0.4) is 0 Å². The van der Waals surface area contributed by atoms with E-state index < -0.39 is 15.9 Å². The summed E-state index contributed by atoms with van der Waals surface area (Å²) in [4.78, 5) is 16.3. The number of thioether (sulfide) groups is 1. The van der Waals surface area contributed by atoms with Gasteiger partial charge in [-0.15, -0.1) is 0 Å². The van der Waals surface area contributed by atoms with Crippen LogP contribution in [0.5, 0.6) is 5.75 Å². The molecule has 0 saturated carbocycles. The van der Waals surface area contributed by atoms with Crippen molar-refractivity contribution in [3.63, 3.8) is 0 Å². The predicted octanol–water partition coefficient (Wildman–Crippen LogP) is 4.09. The molecule has 2 aliphatic heterocycles. The lowest BCUT2D eigenvalue weighted by molar-refractivity contribution is -0.122. The zero-order valence-corrected chi connectivity index (χ0v) is 20.2. The Labute approximate surface area is 202 Å². The molecule has 4 rings (SSSR count). The lowest BCUT2D eigenvalue weighted by atomic mass is 10.0. The van der Waals surface area contributed by atoms with Gasteiger partial charge >= 0.3 is 0 Å². The molecule has 172 valence electrons. The van der Waals surface area contributed by atoms with Gasteiger partial charge in [-0.05, 0) is 42.7 Å². The predicted molar refractivity (Wildman–Crippen MR) is 133 cm³/mol. The van der Waals surface area contributed by atoms with Crippen molar-refractivity contribution >= 4 is 50.0 Å². The molecular weight excluding hydrogens is 480 g/mol. The summed E-state index contributed by atoms with van der Waals surface area (Å²) in [5.74, 6) is 0.426. The summed E-state index contributed by atoms with van der Waals surface area (Å²) >= 11 is 6.48. The van der Waals surface area contributed by atoms with E-state index in [9.17, 15) is 17.8 Å². The molecule has 7 nitrogen and oxygen atoms in total. The maximum Gasteiger partial charge on any atom is 0.266 e. The first-order valence-electron chi connectivity index (χ1n) is 10.3. The number of carbonyl (C=O) groups excluding carboxylic acids is 1. The monoisotopic (exact) mass is 501 g/mol. The number of nitrogens with zero attached hydrogens (tertiary/aromatic N) is 2. The number of allylic oxidation sites excluding steroid dienone is 2. The number of rotatable bonds is 7. The maximum atomic E-state index is 12.5. The Kier molecular flexibility index (Phi) is 6.89. The normalized spacial score (nSPS) is 18.4. The third-order valence-electron chi connectivity index (χ3n) is 5.18. The van der Waals surface area contributed by atoms with E-state index in [-0.39, 0.29) is 18.9 Å². The molecule has 0 aromatic heterocycles.